The second-order valence-electron chi connectivity index (χ2n) is 5.23. The van der Waals surface area contributed by atoms with Gasteiger partial charge < -0.3 is 10.5 Å². The van der Waals surface area contributed by atoms with E-state index >= 15 is 0 Å². The lowest BCUT2D eigenvalue weighted by Crippen LogP contribution is -2.24. The van der Waals surface area contributed by atoms with Gasteiger partial charge in [-0.1, -0.05) is 24.3 Å². The van der Waals surface area contributed by atoms with Gasteiger partial charge in [0, 0.05) is 26.2 Å². The molecule has 0 heterocycles. The fourth-order valence-corrected chi connectivity index (χ4v) is 2.04. The SMILES string of the molecule is CN(CCOCC1CC1)Cc1ccccc1CN. The molecule has 1 aliphatic carbocycles. The quantitative estimate of drug-likeness (QED) is 0.715. The van der Waals surface area contributed by atoms with E-state index in [2.05, 4.69) is 30.1 Å². The molecule has 0 spiro atoms. The van der Waals surface area contributed by atoms with Gasteiger partial charge in [0.05, 0.1) is 6.61 Å². The molecule has 0 aromatic heterocycles. The Hall–Kier alpha value is -0.900. The van der Waals surface area contributed by atoms with Crippen molar-refractivity contribution < 1.29 is 4.74 Å². The van der Waals surface area contributed by atoms with Crippen molar-refractivity contribution in [2.24, 2.45) is 11.7 Å². The van der Waals surface area contributed by atoms with Gasteiger partial charge in [-0.2, -0.15) is 0 Å². The Morgan fingerprint density at radius 3 is 2.67 bits per heavy atom. The van der Waals surface area contributed by atoms with Crippen molar-refractivity contribution in [3.05, 3.63) is 35.4 Å². The Labute approximate surface area is 110 Å². The van der Waals surface area contributed by atoms with Gasteiger partial charge in [-0.15, -0.1) is 0 Å². The predicted molar refractivity (Wildman–Crippen MR) is 74.2 cm³/mol. The van der Waals surface area contributed by atoms with Crippen LogP contribution in [-0.4, -0.2) is 31.7 Å². The zero-order valence-corrected chi connectivity index (χ0v) is 11.3. The average molecular weight is 248 g/mol. The van der Waals surface area contributed by atoms with Crippen LogP contribution in [0.25, 0.3) is 0 Å². The normalized spacial score (nSPS) is 15.3. The molecule has 0 saturated heterocycles. The molecule has 0 bridgehead atoms. The highest BCUT2D eigenvalue weighted by molar-refractivity contribution is 5.26. The lowest BCUT2D eigenvalue weighted by Gasteiger charge is -2.18. The van der Waals surface area contributed by atoms with Crippen molar-refractivity contribution in [3.8, 4) is 0 Å². The highest BCUT2D eigenvalue weighted by atomic mass is 16.5. The van der Waals surface area contributed by atoms with Crippen molar-refractivity contribution >= 4 is 0 Å². The molecule has 1 aromatic rings. The van der Waals surface area contributed by atoms with E-state index in [1.807, 2.05) is 6.07 Å². The number of benzene rings is 1. The largest absolute Gasteiger partial charge is 0.380 e. The smallest absolute Gasteiger partial charge is 0.0593 e. The summed E-state index contributed by atoms with van der Waals surface area (Å²) in [5.41, 5.74) is 8.31. The van der Waals surface area contributed by atoms with Crippen molar-refractivity contribution in [1.29, 1.82) is 0 Å². The van der Waals surface area contributed by atoms with Crippen molar-refractivity contribution in [2.75, 3.05) is 26.8 Å². The van der Waals surface area contributed by atoms with E-state index in [4.69, 9.17) is 10.5 Å². The van der Waals surface area contributed by atoms with Crippen molar-refractivity contribution in [2.45, 2.75) is 25.9 Å². The summed E-state index contributed by atoms with van der Waals surface area (Å²) in [7, 11) is 2.13. The number of hydrogen-bond acceptors (Lipinski definition) is 3. The van der Waals surface area contributed by atoms with E-state index in [1.165, 1.54) is 24.0 Å². The second-order valence-corrected chi connectivity index (χ2v) is 5.23. The van der Waals surface area contributed by atoms with E-state index < -0.39 is 0 Å². The van der Waals surface area contributed by atoms with E-state index in [9.17, 15) is 0 Å². The first kappa shape index (κ1) is 13.5. The molecular weight excluding hydrogens is 224 g/mol. The number of likely N-dealkylation sites (N-methyl/N-ethyl adjacent to an activating group) is 1. The monoisotopic (exact) mass is 248 g/mol. The fraction of sp³-hybridized carbons (Fsp3) is 0.600. The molecule has 100 valence electrons. The maximum absolute atomic E-state index is 5.75. The van der Waals surface area contributed by atoms with Gasteiger partial charge in [0.2, 0.25) is 0 Å². The van der Waals surface area contributed by atoms with E-state index in [0.29, 0.717) is 6.54 Å². The minimum absolute atomic E-state index is 0.613. The molecule has 1 saturated carbocycles. The van der Waals surface area contributed by atoms with Gasteiger partial charge in [0.25, 0.3) is 0 Å². The molecule has 0 atom stereocenters. The third-order valence-corrected chi connectivity index (χ3v) is 3.45. The number of rotatable bonds is 8. The number of hydrogen-bond donors (Lipinski definition) is 1. The molecule has 0 unspecified atom stereocenters. The van der Waals surface area contributed by atoms with Crippen LogP contribution < -0.4 is 5.73 Å². The van der Waals surface area contributed by atoms with Crippen LogP contribution in [0.1, 0.15) is 24.0 Å². The first-order chi connectivity index (χ1) is 8.79. The Morgan fingerprint density at radius 1 is 1.28 bits per heavy atom. The van der Waals surface area contributed by atoms with E-state index in [-0.39, 0.29) is 0 Å². The number of nitrogens with zero attached hydrogens (tertiary/aromatic N) is 1. The first-order valence-electron chi connectivity index (χ1n) is 6.82. The standard InChI is InChI=1S/C15H24N2O/c1-17(8-9-18-12-13-6-7-13)11-15-5-3-2-4-14(15)10-16/h2-5,13H,6-12,16H2,1H3. The second kappa shape index (κ2) is 6.88. The Balaban J connectivity index is 1.70. The summed E-state index contributed by atoms with van der Waals surface area (Å²) in [4.78, 5) is 2.29. The summed E-state index contributed by atoms with van der Waals surface area (Å²) in [6, 6.07) is 8.38. The third kappa shape index (κ3) is 4.41. The topological polar surface area (TPSA) is 38.5 Å². The molecule has 2 N–H and O–H groups in total. The van der Waals surface area contributed by atoms with Gasteiger partial charge in [-0.3, -0.25) is 4.90 Å². The van der Waals surface area contributed by atoms with Crippen LogP contribution in [0, 0.1) is 5.92 Å². The molecule has 1 fully saturated rings. The Bertz CT molecular complexity index is 363. The average Bonchev–Trinajstić information content (AvgIpc) is 3.19. The van der Waals surface area contributed by atoms with Crippen LogP contribution in [0.5, 0.6) is 0 Å². The molecule has 3 heteroatoms. The summed E-state index contributed by atoms with van der Waals surface area (Å²) < 4.78 is 5.66. The lowest BCUT2D eigenvalue weighted by atomic mass is 10.1. The van der Waals surface area contributed by atoms with Gasteiger partial charge >= 0.3 is 0 Å². The first-order valence-corrected chi connectivity index (χ1v) is 6.82. The molecule has 18 heavy (non-hydrogen) atoms. The lowest BCUT2D eigenvalue weighted by molar-refractivity contribution is 0.102. The van der Waals surface area contributed by atoms with E-state index in [1.54, 1.807) is 0 Å². The Kier molecular flexibility index (Phi) is 5.17. The summed E-state index contributed by atoms with van der Waals surface area (Å²) in [5.74, 6) is 0.855. The van der Waals surface area contributed by atoms with Crippen LogP contribution >= 0.6 is 0 Å². The van der Waals surface area contributed by atoms with Crippen LogP contribution in [0.15, 0.2) is 24.3 Å². The molecule has 1 aromatic carbocycles. The maximum Gasteiger partial charge on any atom is 0.0593 e. The third-order valence-electron chi connectivity index (χ3n) is 3.45. The summed E-state index contributed by atoms with van der Waals surface area (Å²) in [6.45, 7) is 4.32. The minimum Gasteiger partial charge on any atom is -0.380 e. The van der Waals surface area contributed by atoms with Gasteiger partial charge in [-0.05, 0) is 36.9 Å². The van der Waals surface area contributed by atoms with Gasteiger partial charge in [-0.25, -0.2) is 0 Å². The van der Waals surface area contributed by atoms with Gasteiger partial charge in [0.15, 0.2) is 0 Å². The number of nitrogens with two attached hydrogens (primary N) is 1. The molecule has 2 rings (SSSR count). The zero-order valence-electron chi connectivity index (χ0n) is 11.3. The summed E-state index contributed by atoms with van der Waals surface area (Å²) in [6.07, 6.45) is 2.72. The molecular formula is C15H24N2O. The summed E-state index contributed by atoms with van der Waals surface area (Å²) in [5, 5.41) is 0. The van der Waals surface area contributed by atoms with Crippen LogP contribution in [0.3, 0.4) is 0 Å². The highest BCUT2D eigenvalue weighted by Gasteiger charge is 2.20. The van der Waals surface area contributed by atoms with Crippen LogP contribution in [0.2, 0.25) is 0 Å². The Morgan fingerprint density at radius 2 is 2.00 bits per heavy atom. The number of ether oxygens (including phenoxy) is 1. The van der Waals surface area contributed by atoms with E-state index in [0.717, 1.165) is 32.2 Å². The molecule has 0 radical (unpaired) electrons. The van der Waals surface area contributed by atoms with Gasteiger partial charge in [0.1, 0.15) is 0 Å². The molecule has 0 amide bonds. The maximum atomic E-state index is 5.75. The minimum atomic E-state index is 0.613. The molecule has 1 aliphatic rings. The summed E-state index contributed by atoms with van der Waals surface area (Å²) >= 11 is 0. The molecule has 3 nitrogen and oxygen atoms in total. The van der Waals surface area contributed by atoms with Crippen molar-refractivity contribution in [3.63, 3.8) is 0 Å². The van der Waals surface area contributed by atoms with Crippen molar-refractivity contribution in [1.82, 2.24) is 4.90 Å². The zero-order chi connectivity index (χ0) is 12.8. The van der Waals surface area contributed by atoms with Crippen LogP contribution in [0.4, 0.5) is 0 Å². The fourth-order valence-electron chi connectivity index (χ4n) is 2.04. The predicted octanol–water partition coefficient (Wildman–Crippen LogP) is 2.00. The highest BCUT2D eigenvalue weighted by Crippen LogP contribution is 2.28. The van der Waals surface area contributed by atoms with Crippen LogP contribution in [-0.2, 0) is 17.8 Å². The molecule has 0 aliphatic heterocycles.